The van der Waals surface area contributed by atoms with Gasteiger partial charge in [0.15, 0.2) is 0 Å². The van der Waals surface area contributed by atoms with Crippen molar-refractivity contribution in [3.63, 3.8) is 0 Å². The number of rotatable bonds is 3. The molecule has 1 aromatic heterocycles. The van der Waals surface area contributed by atoms with Gasteiger partial charge in [-0.05, 0) is 30.7 Å². The van der Waals surface area contributed by atoms with E-state index in [1.807, 2.05) is 0 Å². The molecule has 2 aromatic rings. The van der Waals surface area contributed by atoms with E-state index >= 15 is 0 Å². The van der Waals surface area contributed by atoms with Crippen molar-refractivity contribution in [1.29, 1.82) is 0 Å². The minimum absolute atomic E-state index is 0.226. The molecule has 0 fully saturated rings. The summed E-state index contributed by atoms with van der Waals surface area (Å²) in [5, 5.41) is 14.0. The highest BCUT2D eigenvalue weighted by Crippen LogP contribution is 2.36. The van der Waals surface area contributed by atoms with Crippen molar-refractivity contribution in [3.05, 3.63) is 53.1 Å². The van der Waals surface area contributed by atoms with Crippen molar-refractivity contribution in [2.24, 2.45) is 0 Å². The smallest absolute Gasteiger partial charge is 0.382 e. The number of halogens is 4. The molecule has 0 bridgehead atoms. The van der Waals surface area contributed by atoms with E-state index in [4.69, 9.17) is 0 Å². The molecule has 3 nitrogen and oxygen atoms in total. The standard InChI is InChI=1S/C13H12F4N2O/c1-2-19-11(5-6-18-19)12(20)9-4-3-8(14)7-10(9)13(15,16)17/h3-7,12,20H,2H2,1H3. The molecule has 1 aromatic carbocycles. The molecule has 0 spiro atoms. The summed E-state index contributed by atoms with van der Waals surface area (Å²) in [5.41, 5.74) is -1.35. The van der Waals surface area contributed by atoms with Crippen LogP contribution >= 0.6 is 0 Å². The van der Waals surface area contributed by atoms with Crippen LogP contribution in [0.25, 0.3) is 0 Å². The molecule has 7 heteroatoms. The summed E-state index contributed by atoms with van der Waals surface area (Å²) in [6.07, 6.45) is -4.87. The van der Waals surface area contributed by atoms with E-state index in [1.54, 1.807) is 6.92 Å². The lowest BCUT2D eigenvalue weighted by Gasteiger charge is -2.18. The van der Waals surface area contributed by atoms with Gasteiger partial charge in [-0.3, -0.25) is 4.68 Å². The molecule has 1 N–H and O–H groups in total. The van der Waals surface area contributed by atoms with Crippen LogP contribution in [-0.4, -0.2) is 14.9 Å². The van der Waals surface area contributed by atoms with Gasteiger partial charge >= 0.3 is 6.18 Å². The van der Waals surface area contributed by atoms with Gasteiger partial charge in [-0.2, -0.15) is 18.3 Å². The summed E-state index contributed by atoms with van der Waals surface area (Å²) in [6.45, 7) is 2.15. The topological polar surface area (TPSA) is 38.0 Å². The van der Waals surface area contributed by atoms with Gasteiger partial charge in [-0.15, -0.1) is 0 Å². The Morgan fingerprint density at radius 1 is 1.30 bits per heavy atom. The number of aromatic nitrogens is 2. The average Bonchev–Trinajstić information content (AvgIpc) is 2.85. The van der Waals surface area contributed by atoms with Crippen molar-refractivity contribution in [1.82, 2.24) is 9.78 Å². The van der Waals surface area contributed by atoms with Crippen molar-refractivity contribution < 1.29 is 22.7 Å². The third-order valence-corrected chi connectivity index (χ3v) is 2.94. The number of aryl methyl sites for hydroxylation is 1. The first-order chi connectivity index (χ1) is 9.34. The van der Waals surface area contributed by atoms with Crippen LogP contribution in [0.1, 0.15) is 29.8 Å². The number of benzene rings is 1. The van der Waals surface area contributed by atoms with Gasteiger partial charge in [0.25, 0.3) is 0 Å². The highest BCUT2D eigenvalue weighted by molar-refractivity contribution is 5.36. The molecular formula is C13H12F4N2O. The van der Waals surface area contributed by atoms with E-state index in [9.17, 15) is 22.7 Å². The second-order valence-electron chi connectivity index (χ2n) is 4.20. The molecule has 1 heterocycles. The molecule has 108 valence electrons. The zero-order valence-corrected chi connectivity index (χ0v) is 10.5. The van der Waals surface area contributed by atoms with Crippen molar-refractivity contribution in [3.8, 4) is 0 Å². The summed E-state index contributed by atoms with van der Waals surface area (Å²) in [4.78, 5) is 0. The molecular weight excluding hydrogens is 276 g/mol. The highest BCUT2D eigenvalue weighted by Gasteiger charge is 2.36. The lowest BCUT2D eigenvalue weighted by atomic mass is 9.99. The summed E-state index contributed by atoms with van der Waals surface area (Å²) in [7, 11) is 0. The molecule has 2 rings (SSSR count). The summed E-state index contributed by atoms with van der Waals surface area (Å²) in [6, 6.07) is 3.64. The fourth-order valence-corrected chi connectivity index (χ4v) is 2.01. The third-order valence-electron chi connectivity index (χ3n) is 2.94. The van der Waals surface area contributed by atoms with E-state index in [2.05, 4.69) is 5.10 Å². The van der Waals surface area contributed by atoms with E-state index in [1.165, 1.54) is 16.9 Å². The van der Waals surface area contributed by atoms with Crippen LogP contribution in [0.3, 0.4) is 0 Å². The van der Waals surface area contributed by atoms with Crippen molar-refractivity contribution in [2.45, 2.75) is 25.7 Å². The predicted octanol–water partition coefficient (Wildman–Crippen LogP) is 3.14. The summed E-state index contributed by atoms with van der Waals surface area (Å²) < 4.78 is 53.2. The molecule has 0 radical (unpaired) electrons. The molecule has 0 aliphatic carbocycles. The number of hydrogen-bond donors (Lipinski definition) is 1. The van der Waals surface area contributed by atoms with Crippen LogP contribution in [0.15, 0.2) is 30.5 Å². The predicted molar refractivity (Wildman–Crippen MR) is 63.4 cm³/mol. The number of hydrogen-bond acceptors (Lipinski definition) is 2. The minimum Gasteiger partial charge on any atom is -0.382 e. The molecule has 0 aliphatic rings. The first kappa shape index (κ1) is 14.5. The van der Waals surface area contributed by atoms with E-state index in [0.29, 0.717) is 12.6 Å². The molecule has 0 aliphatic heterocycles. The lowest BCUT2D eigenvalue weighted by Crippen LogP contribution is -2.15. The van der Waals surface area contributed by atoms with Gasteiger partial charge in [-0.25, -0.2) is 4.39 Å². The monoisotopic (exact) mass is 288 g/mol. The zero-order chi connectivity index (χ0) is 14.9. The normalized spacial score (nSPS) is 13.5. The Labute approximate surface area is 112 Å². The first-order valence-electron chi connectivity index (χ1n) is 5.91. The molecule has 1 atom stereocenters. The second-order valence-corrected chi connectivity index (χ2v) is 4.20. The van der Waals surface area contributed by atoms with Gasteiger partial charge in [0.2, 0.25) is 0 Å². The largest absolute Gasteiger partial charge is 0.416 e. The van der Waals surface area contributed by atoms with Crippen LogP contribution in [0.4, 0.5) is 17.6 Å². The fourth-order valence-electron chi connectivity index (χ4n) is 2.01. The van der Waals surface area contributed by atoms with Crippen molar-refractivity contribution >= 4 is 0 Å². The van der Waals surface area contributed by atoms with Gasteiger partial charge in [0.05, 0.1) is 11.3 Å². The molecule has 0 saturated heterocycles. The van der Waals surface area contributed by atoms with Gasteiger partial charge in [-0.1, -0.05) is 6.07 Å². The van der Waals surface area contributed by atoms with Gasteiger partial charge in [0.1, 0.15) is 11.9 Å². The third kappa shape index (κ3) is 2.67. The Morgan fingerprint density at radius 2 is 2.00 bits per heavy atom. The van der Waals surface area contributed by atoms with Crippen LogP contribution in [0.5, 0.6) is 0 Å². The first-order valence-corrected chi connectivity index (χ1v) is 5.91. The maximum atomic E-state index is 13.0. The summed E-state index contributed by atoms with van der Waals surface area (Å²) in [5.74, 6) is -1.00. The highest BCUT2D eigenvalue weighted by atomic mass is 19.4. The van der Waals surface area contributed by atoms with E-state index in [0.717, 1.165) is 12.1 Å². The number of aliphatic hydroxyl groups is 1. The molecule has 0 saturated carbocycles. The Kier molecular flexibility index (Phi) is 3.80. The van der Waals surface area contributed by atoms with Gasteiger partial charge in [0, 0.05) is 12.7 Å². The SMILES string of the molecule is CCn1nccc1C(O)c1ccc(F)cc1C(F)(F)F. The van der Waals surface area contributed by atoms with Crippen LogP contribution in [-0.2, 0) is 12.7 Å². The Morgan fingerprint density at radius 3 is 2.60 bits per heavy atom. The fraction of sp³-hybridized carbons (Fsp3) is 0.308. The van der Waals surface area contributed by atoms with Crippen LogP contribution < -0.4 is 0 Å². The molecule has 20 heavy (non-hydrogen) atoms. The van der Waals surface area contributed by atoms with E-state index < -0.39 is 29.2 Å². The van der Waals surface area contributed by atoms with Gasteiger partial charge < -0.3 is 5.11 Å². The number of alkyl halides is 3. The molecule has 1 unspecified atom stereocenters. The molecule has 0 amide bonds. The summed E-state index contributed by atoms with van der Waals surface area (Å²) >= 11 is 0. The second kappa shape index (κ2) is 5.24. The minimum atomic E-state index is -4.74. The maximum absolute atomic E-state index is 13.0. The maximum Gasteiger partial charge on any atom is 0.416 e. The number of aliphatic hydroxyl groups excluding tert-OH is 1. The zero-order valence-electron chi connectivity index (χ0n) is 10.5. The average molecular weight is 288 g/mol. The Balaban J connectivity index is 2.52. The van der Waals surface area contributed by atoms with Crippen LogP contribution in [0.2, 0.25) is 0 Å². The Hall–Kier alpha value is -1.89. The van der Waals surface area contributed by atoms with E-state index in [-0.39, 0.29) is 5.69 Å². The van der Waals surface area contributed by atoms with Crippen LogP contribution in [0, 0.1) is 5.82 Å². The quantitative estimate of drug-likeness (QED) is 0.881. The van der Waals surface area contributed by atoms with Crippen molar-refractivity contribution in [2.75, 3.05) is 0 Å². The Bertz CT molecular complexity index is 607. The lowest BCUT2D eigenvalue weighted by molar-refractivity contribution is -0.139. The number of nitrogens with zero attached hydrogens (tertiary/aromatic N) is 2.